The molecule has 0 fully saturated rings. The van der Waals surface area contributed by atoms with E-state index in [-0.39, 0.29) is 6.10 Å². The number of aromatic nitrogens is 1. The highest BCUT2D eigenvalue weighted by molar-refractivity contribution is 6.32. The molecule has 132 valence electrons. The second-order valence-corrected chi connectivity index (χ2v) is 6.40. The Labute approximate surface area is 159 Å². The smallest absolute Gasteiger partial charge is 0.0893 e. The minimum absolute atomic E-state index is 0.184. The van der Waals surface area contributed by atoms with Gasteiger partial charge in [-0.3, -0.25) is 4.98 Å². The molecule has 26 heavy (non-hydrogen) atoms. The van der Waals surface area contributed by atoms with E-state index < -0.39 is 0 Å². The summed E-state index contributed by atoms with van der Waals surface area (Å²) in [5.41, 5.74) is 5.28. The van der Waals surface area contributed by atoms with Gasteiger partial charge in [-0.1, -0.05) is 72.3 Å². The van der Waals surface area contributed by atoms with Crippen molar-refractivity contribution in [3.63, 3.8) is 0 Å². The van der Waals surface area contributed by atoms with Gasteiger partial charge in [0, 0.05) is 23.8 Å². The summed E-state index contributed by atoms with van der Waals surface area (Å²) >= 11 is 6.54. The molecule has 0 aliphatic carbocycles. The molecule has 0 bridgehead atoms. The van der Waals surface area contributed by atoms with Crippen LogP contribution in [-0.2, 0) is 4.74 Å². The van der Waals surface area contributed by atoms with E-state index in [9.17, 15) is 0 Å². The topological polar surface area (TPSA) is 34.5 Å². The first-order chi connectivity index (χ1) is 12.6. The number of aryl methyl sites for hydroxylation is 1. The molecule has 0 N–H and O–H groups in total. The Kier molecular flexibility index (Phi) is 5.82. The van der Waals surface area contributed by atoms with E-state index in [1.54, 1.807) is 13.3 Å². The van der Waals surface area contributed by atoms with Crippen molar-refractivity contribution < 1.29 is 4.74 Å². The lowest BCUT2D eigenvalue weighted by atomic mass is 10.0. The van der Waals surface area contributed by atoms with Crippen LogP contribution in [0.15, 0.2) is 71.9 Å². The molecule has 0 saturated heterocycles. The quantitative estimate of drug-likeness (QED) is 0.526. The summed E-state index contributed by atoms with van der Waals surface area (Å²) in [6.45, 7) is 3.85. The van der Waals surface area contributed by atoms with E-state index in [0.717, 1.165) is 33.8 Å². The zero-order valence-corrected chi connectivity index (χ0v) is 15.9. The summed E-state index contributed by atoms with van der Waals surface area (Å²) in [7, 11) is 1.67. The standard InChI is InChI=1S/C22H21ClN2O/c1-15-21(23)20(16(2)26-3)19(14-24-15)25-22(17-10-6-4-7-11-17)18-12-8-5-9-13-18/h4-14,16H,1-3H3. The molecule has 0 amide bonds. The van der Waals surface area contributed by atoms with Gasteiger partial charge in [0.2, 0.25) is 0 Å². The minimum atomic E-state index is -0.184. The highest BCUT2D eigenvalue weighted by Crippen LogP contribution is 2.35. The molecule has 0 spiro atoms. The monoisotopic (exact) mass is 364 g/mol. The third-order valence-corrected chi connectivity index (χ3v) is 4.77. The second-order valence-electron chi connectivity index (χ2n) is 6.03. The maximum Gasteiger partial charge on any atom is 0.0893 e. The molecule has 3 nitrogen and oxygen atoms in total. The third kappa shape index (κ3) is 3.85. The van der Waals surface area contributed by atoms with Crippen LogP contribution in [0.1, 0.15) is 35.4 Å². The van der Waals surface area contributed by atoms with Crippen LogP contribution in [0.3, 0.4) is 0 Å². The summed E-state index contributed by atoms with van der Waals surface area (Å²) < 4.78 is 5.52. The maximum atomic E-state index is 6.54. The zero-order chi connectivity index (χ0) is 18.5. The van der Waals surface area contributed by atoms with Crippen molar-refractivity contribution in [2.75, 3.05) is 7.11 Å². The Morgan fingerprint density at radius 2 is 1.54 bits per heavy atom. The van der Waals surface area contributed by atoms with Crippen molar-refractivity contribution in [3.05, 3.63) is 94.3 Å². The first kappa shape index (κ1) is 18.3. The van der Waals surface area contributed by atoms with Crippen LogP contribution in [0.4, 0.5) is 5.69 Å². The molecule has 1 unspecified atom stereocenters. The summed E-state index contributed by atoms with van der Waals surface area (Å²) in [5.74, 6) is 0. The second kappa shape index (κ2) is 8.26. The number of nitrogens with zero attached hydrogens (tertiary/aromatic N) is 2. The van der Waals surface area contributed by atoms with Gasteiger partial charge in [-0.2, -0.15) is 0 Å². The van der Waals surface area contributed by atoms with Gasteiger partial charge in [0.05, 0.1) is 34.4 Å². The molecule has 4 heteroatoms. The van der Waals surface area contributed by atoms with Gasteiger partial charge in [0.15, 0.2) is 0 Å². The van der Waals surface area contributed by atoms with Gasteiger partial charge < -0.3 is 4.74 Å². The van der Waals surface area contributed by atoms with Crippen molar-refractivity contribution in [3.8, 4) is 0 Å². The molecule has 1 heterocycles. The SMILES string of the molecule is COC(C)c1c(N=C(c2ccccc2)c2ccccc2)cnc(C)c1Cl. The Hall–Kier alpha value is -2.49. The molecule has 0 radical (unpaired) electrons. The van der Waals surface area contributed by atoms with Gasteiger partial charge in [0.25, 0.3) is 0 Å². The van der Waals surface area contributed by atoms with Crippen LogP contribution < -0.4 is 0 Å². The number of ether oxygens (including phenoxy) is 1. The molecule has 2 aromatic carbocycles. The number of hydrogen-bond donors (Lipinski definition) is 0. The molecule has 0 aliphatic rings. The summed E-state index contributed by atoms with van der Waals surface area (Å²) in [6, 6.07) is 20.2. The fraction of sp³-hybridized carbons (Fsp3) is 0.182. The van der Waals surface area contributed by atoms with Gasteiger partial charge >= 0.3 is 0 Å². The fourth-order valence-electron chi connectivity index (χ4n) is 2.79. The fourth-order valence-corrected chi connectivity index (χ4v) is 3.09. The number of halogens is 1. The lowest BCUT2D eigenvalue weighted by molar-refractivity contribution is 0.120. The Bertz CT molecular complexity index is 867. The number of aliphatic imine (C=N–C) groups is 1. The Morgan fingerprint density at radius 3 is 2.04 bits per heavy atom. The molecule has 0 saturated carbocycles. The number of rotatable bonds is 5. The molecular weight excluding hydrogens is 344 g/mol. The predicted molar refractivity (Wildman–Crippen MR) is 108 cm³/mol. The largest absolute Gasteiger partial charge is 0.377 e. The average Bonchev–Trinajstić information content (AvgIpc) is 2.69. The van der Waals surface area contributed by atoms with E-state index in [0.29, 0.717) is 5.02 Å². The van der Waals surface area contributed by atoms with Crippen molar-refractivity contribution in [2.45, 2.75) is 20.0 Å². The normalized spacial score (nSPS) is 11.8. The number of pyridine rings is 1. The summed E-state index contributed by atoms with van der Waals surface area (Å²) in [6.07, 6.45) is 1.58. The maximum absolute atomic E-state index is 6.54. The van der Waals surface area contributed by atoms with Crippen molar-refractivity contribution in [2.24, 2.45) is 4.99 Å². The van der Waals surface area contributed by atoms with Crippen LogP contribution in [-0.4, -0.2) is 17.8 Å². The first-order valence-electron chi connectivity index (χ1n) is 8.49. The number of methoxy groups -OCH3 is 1. The predicted octanol–water partition coefficient (Wildman–Crippen LogP) is 5.92. The lowest BCUT2D eigenvalue weighted by Gasteiger charge is -2.17. The van der Waals surface area contributed by atoms with Gasteiger partial charge in [-0.25, -0.2) is 4.99 Å². The zero-order valence-electron chi connectivity index (χ0n) is 15.1. The van der Waals surface area contributed by atoms with Gasteiger partial charge in [-0.15, -0.1) is 0 Å². The number of benzene rings is 2. The summed E-state index contributed by atoms with van der Waals surface area (Å²) in [5, 5.41) is 0.598. The molecule has 1 aromatic heterocycles. The highest BCUT2D eigenvalue weighted by atomic mass is 35.5. The van der Waals surface area contributed by atoms with E-state index in [2.05, 4.69) is 29.2 Å². The lowest BCUT2D eigenvalue weighted by Crippen LogP contribution is -2.05. The molecule has 3 rings (SSSR count). The Morgan fingerprint density at radius 1 is 1.00 bits per heavy atom. The van der Waals surface area contributed by atoms with E-state index in [4.69, 9.17) is 21.3 Å². The van der Waals surface area contributed by atoms with E-state index in [1.807, 2.05) is 50.2 Å². The molecule has 1 atom stereocenters. The first-order valence-corrected chi connectivity index (χ1v) is 8.87. The van der Waals surface area contributed by atoms with Crippen LogP contribution in [0.25, 0.3) is 0 Å². The van der Waals surface area contributed by atoms with Gasteiger partial charge in [0.1, 0.15) is 0 Å². The van der Waals surface area contributed by atoms with Crippen LogP contribution in [0.5, 0.6) is 0 Å². The summed E-state index contributed by atoms with van der Waals surface area (Å²) in [4.78, 5) is 9.36. The van der Waals surface area contributed by atoms with E-state index in [1.165, 1.54) is 0 Å². The van der Waals surface area contributed by atoms with Gasteiger partial charge in [-0.05, 0) is 13.8 Å². The Balaban J connectivity index is 2.23. The van der Waals surface area contributed by atoms with Crippen LogP contribution >= 0.6 is 11.6 Å². The molecule has 0 aliphatic heterocycles. The highest BCUT2D eigenvalue weighted by Gasteiger charge is 2.18. The van der Waals surface area contributed by atoms with Crippen molar-refractivity contribution in [1.29, 1.82) is 0 Å². The number of hydrogen-bond acceptors (Lipinski definition) is 3. The minimum Gasteiger partial charge on any atom is -0.377 e. The van der Waals surface area contributed by atoms with Crippen LogP contribution in [0, 0.1) is 6.92 Å². The van der Waals surface area contributed by atoms with Crippen LogP contribution in [0.2, 0.25) is 5.02 Å². The molecular formula is C22H21ClN2O. The van der Waals surface area contributed by atoms with Crippen molar-refractivity contribution in [1.82, 2.24) is 4.98 Å². The van der Waals surface area contributed by atoms with E-state index >= 15 is 0 Å². The third-order valence-electron chi connectivity index (χ3n) is 4.30. The average molecular weight is 365 g/mol. The van der Waals surface area contributed by atoms with Crippen molar-refractivity contribution >= 4 is 23.0 Å². The molecule has 3 aromatic rings.